The van der Waals surface area contributed by atoms with Crippen molar-refractivity contribution in [1.82, 2.24) is 4.57 Å². The fourth-order valence-electron chi connectivity index (χ4n) is 5.67. The second-order valence-electron chi connectivity index (χ2n) is 8.79. The lowest BCUT2D eigenvalue weighted by molar-refractivity contribution is 0.246. The van der Waals surface area contributed by atoms with Crippen LogP contribution in [0, 0.1) is 0 Å². The molecule has 4 atom stereocenters. The summed E-state index contributed by atoms with van der Waals surface area (Å²) in [6, 6.07) is 9.54. The molecule has 0 amide bonds. The second-order valence-corrected chi connectivity index (χ2v) is 10.3. The number of hydrogen-bond donors (Lipinski definition) is 0. The first-order chi connectivity index (χ1) is 14.7. The summed E-state index contributed by atoms with van der Waals surface area (Å²) in [5.41, 5.74) is 5.46. The fraction of sp³-hybridized carbons (Fsp3) is 0.269. The van der Waals surface area contributed by atoms with E-state index in [1.807, 2.05) is 11.8 Å². The summed E-state index contributed by atoms with van der Waals surface area (Å²) in [4.78, 5) is 6.42. The van der Waals surface area contributed by atoms with E-state index in [0.29, 0.717) is 5.92 Å². The van der Waals surface area contributed by atoms with E-state index in [-0.39, 0.29) is 16.9 Å². The summed E-state index contributed by atoms with van der Waals surface area (Å²) in [6.07, 6.45) is 20.0. The zero-order chi connectivity index (χ0) is 19.9. The number of hydrogen-bond acceptors (Lipinski definition) is 3. The van der Waals surface area contributed by atoms with Gasteiger partial charge in [-0.1, -0.05) is 54.7 Å². The standard InChI is InChI=1S/C26H22N2OS/c1-26-15-14-20-23(24(26)17-9-3-7-13-22(17)30-26)16-8-2-5-11-19(16)28(20)25-27-18-10-4-6-12-21(18)29-25/h2,4-8,10-15,18,21,24H,3,9H2,1H3. The zero-order valence-electron chi connectivity index (χ0n) is 16.8. The molecule has 2 aromatic rings. The molecule has 2 aliphatic heterocycles. The van der Waals surface area contributed by atoms with Crippen molar-refractivity contribution in [3.63, 3.8) is 0 Å². The molecule has 30 heavy (non-hydrogen) atoms. The highest BCUT2D eigenvalue weighted by atomic mass is 32.2. The summed E-state index contributed by atoms with van der Waals surface area (Å²) in [5, 5.41) is 1.32. The zero-order valence-corrected chi connectivity index (χ0v) is 17.6. The molecule has 4 heteroatoms. The average molecular weight is 411 g/mol. The van der Waals surface area contributed by atoms with E-state index in [2.05, 4.69) is 84.4 Å². The van der Waals surface area contributed by atoms with Gasteiger partial charge in [-0.3, -0.25) is 4.57 Å². The molecule has 3 heterocycles. The first-order valence-corrected chi connectivity index (χ1v) is 11.6. The van der Waals surface area contributed by atoms with Gasteiger partial charge in [-0.25, -0.2) is 4.99 Å². The van der Waals surface area contributed by atoms with E-state index >= 15 is 0 Å². The van der Waals surface area contributed by atoms with Crippen LogP contribution >= 0.6 is 11.8 Å². The van der Waals surface area contributed by atoms with Crippen molar-refractivity contribution in [2.75, 3.05) is 0 Å². The molecule has 0 spiro atoms. The molecule has 1 aromatic heterocycles. The Bertz CT molecular complexity index is 1290. The predicted molar refractivity (Wildman–Crippen MR) is 125 cm³/mol. The Morgan fingerprint density at radius 3 is 3.00 bits per heavy atom. The van der Waals surface area contributed by atoms with Crippen LogP contribution in [0.2, 0.25) is 0 Å². The van der Waals surface area contributed by atoms with Crippen LogP contribution < -0.4 is 0 Å². The number of rotatable bonds is 0. The molecule has 0 bridgehead atoms. The Hall–Kier alpha value is -2.72. The maximum absolute atomic E-state index is 6.34. The van der Waals surface area contributed by atoms with Crippen LogP contribution in [-0.2, 0) is 4.74 Å². The first-order valence-electron chi connectivity index (χ1n) is 10.7. The molecule has 4 unspecified atom stereocenters. The third kappa shape index (κ3) is 2.15. The Kier molecular flexibility index (Phi) is 3.35. The highest BCUT2D eigenvalue weighted by Gasteiger charge is 2.48. The van der Waals surface area contributed by atoms with Gasteiger partial charge in [-0.05, 0) is 49.1 Å². The number of aromatic nitrogens is 1. The molecule has 0 N–H and O–H groups in total. The molecule has 1 aromatic carbocycles. The molecule has 5 aliphatic rings. The molecule has 148 valence electrons. The van der Waals surface area contributed by atoms with Crippen molar-refractivity contribution in [3.05, 3.63) is 88.5 Å². The molecule has 7 rings (SSSR count). The lowest BCUT2D eigenvalue weighted by atomic mass is 9.74. The molecule has 0 saturated carbocycles. The highest BCUT2D eigenvalue weighted by Crippen LogP contribution is 2.61. The number of benzene rings is 1. The number of ether oxygens (including phenoxy) is 1. The van der Waals surface area contributed by atoms with E-state index in [1.165, 1.54) is 27.1 Å². The lowest BCUT2D eigenvalue weighted by Gasteiger charge is -2.33. The summed E-state index contributed by atoms with van der Waals surface area (Å²) in [6.45, 7) is 2.40. The van der Waals surface area contributed by atoms with E-state index in [1.54, 1.807) is 5.57 Å². The van der Waals surface area contributed by atoms with Gasteiger partial charge in [0.05, 0.1) is 11.2 Å². The summed E-state index contributed by atoms with van der Waals surface area (Å²) in [7, 11) is 0. The normalized spacial score (nSPS) is 32.7. The van der Waals surface area contributed by atoms with E-state index in [0.717, 1.165) is 18.9 Å². The number of nitrogens with zero attached hydrogens (tertiary/aromatic N) is 2. The van der Waals surface area contributed by atoms with Gasteiger partial charge < -0.3 is 4.74 Å². The van der Waals surface area contributed by atoms with Crippen LogP contribution in [-0.4, -0.2) is 27.5 Å². The number of fused-ring (bicyclic) bond motifs is 7. The van der Waals surface area contributed by atoms with Crippen molar-refractivity contribution in [3.8, 4) is 0 Å². The van der Waals surface area contributed by atoms with Crippen LogP contribution in [0.1, 0.15) is 36.9 Å². The maximum Gasteiger partial charge on any atom is 0.298 e. The van der Waals surface area contributed by atoms with Crippen molar-refractivity contribution >= 4 is 34.8 Å². The summed E-state index contributed by atoms with van der Waals surface area (Å²) in [5.74, 6) is 0.401. The summed E-state index contributed by atoms with van der Waals surface area (Å²) >= 11 is 2.03. The third-order valence-corrected chi connectivity index (χ3v) is 8.41. The monoisotopic (exact) mass is 410 g/mol. The van der Waals surface area contributed by atoms with Crippen LogP contribution in [0.3, 0.4) is 0 Å². The van der Waals surface area contributed by atoms with Gasteiger partial charge in [0, 0.05) is 21.0 Å². The van der Waals surface area contributed by atoms with Gasteiger partial charge in [0.1, 0.15) is 12.1 Å². The Labute approximate surface area is 180 Å². The van der Waals surface area contributed by atoms with Crippen LogP contribution in [0.4, 0.5) is 0 Å². The van der Waals surface area contributed by atoms with Gasteiger partial charge in [-0.2, -0.15) is 0 Å². The van der Waals surface area contributed by atoms with Crippen molar-refractivity contribution in [1.29, 1.82) is 0 Å². The van der Waals surface area contributed by atoms with Gasteiger partial charge in [-0.15, -0.1) is 11.8 Å². The molecule has 0 fully saturated rings. The van der Waals surface area contributed by atoms with Gasteiger partial charge in [0.15, 0.2) is 0 Å². The number of allylic oxidation sites excluding steroid dienone is 5. The molecule has 3 aliphatic carbocycles. The highest BCUT2D eigenvalue weighted by molar-refractivity contribution is 8.05. The number of aliphatic imine (C=N–C) groups is 1. The quantitative estimate of drug-likeness (QED) is 0.536. The van der Waals surface area contributed by atoms with E-state index < -0.39 is 0 Å². The predicted octanol–water partition coefficient (Wildman–Crippen LogP) is 5.96. The minimum atomic E-state index is -0.000484. The first kappa shape index (κ1) is 17.0. The van der Waals surface area contributed by atoms with Crippen molar-refractivity contribution in [2.24, 2.45) is 4.99 Å². The number of para-hydroxylation sites is 1. The Morgan fingerprint density at radius 2 is 2.07 bits per heavy atom. The largest absolute Gasteiger partial charge is 0.454 e. The van der Waals surface area contributed by atoms with Gasteiger partial charge in [0.25, 0.3) is 6.02 Å². The topological polar surface area (TPSA) is 26.5 Å². The molecular formula is C26H22N2OS. The second kappa shape index (κ2) is 5.92. The number of thioether (sulfide) groups is 1. The van der Waals surface area contributed by atoms with E-state index in [9.17, 15) is 0 Å². The molecule has 3 nitrogen and oxygen atoms in total. The van der Waals surface area contributed by atoms with Crippen LogP contribution in [0.15, 0.2) is 82.3 Å². The van der Waals surface area contributed by atoms with E-state index in [4.69, 9.17) is 9.73 Å². The minimum Gasteiger partial charge on any atom is -0.454 e. The van der Waals surface area contributed by atoms with Gasteiger partial charge >= 0.3 is 0 Å². The van der Waals surface area contributed by atoms with Crippen LogP contribution in [0.5, 0.6) is 0 Å². The molecule has 0 saturated heterocycles. The Balaban J connectivity index is 1.48. The van der Waals surface area contributed by atoms with Crippen LogP contribution in [0.25, 0.3) is 17.0 Å². The van der Waals surface area contributed by atoms with Crippen molar-refractivity contribution in [2.45, 2.75) is 42.6 Å². The SMILES string of the molecule is CC12C=Cc3c(c4ccccc4n3C3=NC4C=CC=CC4O3)C1C1=C(C=CCC1)S2. The molecular weight excluding hydrogens is 388 g/mol. The summed E-state index contributed by atoms with van der Waals surface area (Å²) < 4.78 is 8.66. The minimum absolute atomic E-state index is 0.000484. The van der Waals surface area contributed by atoms with Gasteiger partial charge in [0.2, 0.25) is 0 Å². The Morgan fingerprint density at radius 1 is 1.17 bits per heavy atom. The molecule has 0 radical (unpaired) electrons. The maximum atomic E-state index is 6.34. The van der Waals surface area contributed by atoms with Crippen molar-refractivity contribution < 1.29 is 4.74 Å². The fourth-order valence-corrected chi connectivity index (χ4v) is 7.18. The third-order valence-electron chi connectivity index (χ3n) is 6.98. The smallest absolute Gasteiger partial charge is 0.298 e. The average Bonchev–Trinajstić information content (AvgIpc) is 3.41. The lowest BCUT2D eigenvalue weighted by Crippen LogP contribution is -2.28.